The Labute approximate surface area is 320 Å². The van der Waals surface area contributed by atoms with Crippen molar-refractivity contribution in [1.82, 2.24) is 40.7 Å². The number of nitrogens with zero attached hydrogens (tertiary/aromatic N) is 8. The molecule has 4 saturated heterocycles. The number of carbonyl (C=O) groups excluding carboxylic acids is 2. The predicted molar refractivity (Wildman–Crippen MR) is 203 cm³/mol. The summed E-state index contributed by atoms with van der Waals surface area (Å²) in [6.45, 7) is 3.09. The van der Waals surface area contributed by atoms with Crippen LogP contribution in [-0.4, -0.2) is 98.0 Å². The number of pyridine rings is 1. The summed E-state index contributed by atoms with van der Waals surface area (Å²) in [5.41, 5.74) is 0.628. The van der Waals surface area contributed by atoms with Gasteiger partial charge >= 0.3 is 12.0 Å². The fourth-order valence-electron chi connectivity index (χ4n) is 8.44. The number of hydrogen-bond acceptors (Lipinski definition) is 12. The number of anilines is 2. The minimum absolute atomic E-state index is 0.0125. The first-order valence-electron chi connectivity index (χ1n) is 18.8. The van der Waals surface area contributed by atoms with E-state index in [9.17, 15) is 19.1 Å². The molecule has 0 radical (unpaired) electrons. The zero-order valence-electron chi connectivity index (χ0n) is 30.3. The van der Waals surface area contributed by atoms with Crippen molar-refractivity contribution in [3.63, 3.8) is 0 Å². The van der Waals surface area contributed by atoms with Crippen LogP contribution in [0.5, 0.6) is 11.8 Å². The van der Waals surface area contributed by atoms with Crippen LogP contribution < -0.4 is 25.2 Å². The first-order chi connectivity index (χ1) is 27.2. The lowest BCUT2D eigenvalue weighted by atomic mass is 9.96. The van der Waals surface area contributed by atoms with E-state index in [0.29, 0.717) is 47.7 Å². The molecule has 0 saturated carbocycles. The Hall–Kier alpha value is -6.05. The summed E-state index contributed by atoms with van der Waals surface area (Å²) < 4.78 is 38.3. The molecule has 4 aliphatic rings. The van der Waals surface area contributed by atoms with Crippen LogP contribution in [0.25, 0.3) is 32.9 Å². The number of fused-ring (bicyclic) bond motifs is 4. The number of amides is 3. The van der Waals surface area contributed by atoms with Gasteiger partial charge in [-0.05, 0) is 67.9 Å². The molecule has 286 valence electrons. The summed E-state index contributed by atoms with van der Waals surface area (Å²) in [4.78, 5) is 43.7. The average Bonchev–Trinajstić information content (AvgIpc) is 3.54. The van der Waals surface area contributed by atoms with E-state index < -0.39 is 17.7 Å². The van der Waals surface area contributed by atoms with Gasteiger partial charge in [-0.2, -0.15) is 15.1 Å². The van der Waals surface area contributed by atoms with Crippen LogP contribution in [0, 0.1) is 24.0 Å². The lowest BCUT2D eigenvalue weighted by Crippen LogP contribution is -2.51. The molecule has 3 amide bonds. The van der Waals surface area contributed by atoms with Crippen molar-refractivity contribution in [3.05, 3.63) is 65.5 Å². The number of hydrogen-bond donors (Lipinski definition) is 3. The number of aromatic hydroxyl groups is 1. The van der Waals surface area contributed by atoms with Gasteiger partial charge in [0.1, 0.15) is 35.2 Å². The highest BCUT2D eigenvalue weighted by Crippen LogP contribution is 2.39. The van der Waals surface area contributed by atoms with Crippen LogP contribution in [0.1, 0.15) is 49.8 Å². The Morgan fingerprint density at radius 3 is 2.61 bits per heavy atom. The fraction of sp³-hybridized carbons (Fsp3) is 0.375. The molecule has 14 nitrogen and oxygen atoms in total. The minimum Gasteiger partial charge on any atom is -0.508 e. The van der Waals surface area contributed by atoms with Crippen LogP contribution in [-0.2, 0) is 11.3 Å². The van der Waals surface area contributed by atoms with E-state index in [2.05, 4.69) is 46.5 Å². The molecule has 7 heterocycles. The highest BCUT2D eigenvalue weighted by atomic mass is 19.1. The van der Waals surface area contributed by atoms with Gasteiger partial charge in [0, 0.05) is 67.9 Å². The van der Waals surface area contributed by atoms with Gasteiger partial charge in [0.25, 0.3) is 0 Å². The second-order valence-corrected chi connectivity index (χ2v) is 14.8. The van der Waals surface area contributed by atoms with Crippen LogP contribution in [0.15, 0.2) is 42.6 Å². The number of likely N-dealkylation sites (tertiary alicyclic amines) is 1. The number of piperazine rings is 1. The number of urea groups is 1. The van der Waals surface area contributed by atoms with Crippen LogP contribution >= 0.6 is 0 Å². The molecule has 9 rings (SSSR count). The summed E-state index contributed by atoms with van der Waals surface area (Å²) in [7, 11) is 0. The Morgan fingerprint density at radius 2 is 1.84 bits per heavy atom. The van der Waals surface area contributed by atoms with Crippen molar-refractivity contribution in [1.29, 1.82) is 0 Å². The number of carbonyl (C=O) groups is 2. The Balaban J connectivity index is 1.03. The molecule has 0 spiro atoms. The van der Waals surface area contributed by atoms with E-state index in [-0.39, 0.29) is 83.1 Å². The number of piperidine rings is 1. The van der Waals surface area contributed by atoms with Crippen molar-refractivity contribution in [2.45, 2.75) is 63.2 Å². The molecular formula is C40H38F2N10O4. The van der Waals surface area contributed by atoms with Gasteiger partial charge < -0.3 is 20.1 Å². The number of halogens is 2. The summed E-state index contributed by atoms with van der Waals surface area (Å²) in [5.74, 6) is 1.37. The molecule has 16 heteroatoms. The third kappa shape index (κ3) is 6.66. The standard InChI is InChI=1S/C40H38F2N10O4/c1-2-28-31(41)10-6-22-15-27(53)16-29(34(22)28)36-35(42)37-30(17-43-36)38(51-18-23-7-8-24(19-51)44-23)47-39(46-37)56-21-26-5-3-4-13-50(26)20-25-9-11-32(49-48-25)52-14-12-33(54)45-40(52)55/h1,6,9-11,15-17,23-24,26,44,53H,3-5,7-8,12-14,18-21H2,(H,45,54,55)/t23-,24+,26-/m0/s1. The van der Waals surface area contributed by atoms with Crippen LogP contribution in [0.4, 0.5) is 25.2 Å². The predicted octanol–water partition coefficient (Wildman–Crippen LogP) is 4.42. The van der Waals surface area contributed by atoms with Crippen molar-refractivity contribution in [2.75, 3.05) is 42.6 Å². The quantitative estimate of drug-likeness (QED) is 0.191. The maximum atomic E-state index is 17.0. The molecule has 0 aliphatic carbocycles. The van der Waals surface area contributed by atoms with E-state index in [1.807, 2.05) is 6.07 Å². The summed E-state index contributed by atoms with van der Waals surface area (Å²) in [6.07, 6.45) is 12.3. The Bertz CT molecular complexity index is 2410. The number of phenolic OH excluding ortho intramolecular Hbond substituents is 1. The lowest BCUT2D eigenvalue weighted by Gasteiger charge is -2.35. The van der Waals surface area contributed by atoms with Gasteiger partial charge in [-0.15, -0.1) is 11.5 Å². The summed E-state index contributed by atoms with van der Waals surface area (Å²) >= 11 is 0. The van der Waals surface area contributed by atoms with E-state index in [1.165, 1.54) is 35.4 Å². The van der Waals surface area contributed by atoms with Crippen molar-refractivity contribution >= 4 is 45.2 Å². The lowest BCUT2D eigenvalue weighted by molar-refractivity contribution is -0.120. The van der Waals surface area contributed by atoms with Crippen molar-refractivity contribution in [3.8, 4) is 35.4 Å². The molecule has 5 aromatic rings. The number of terminal acetylenes is 1. The SMILES string of the molecule is C#Cc1c(F)ccc2cc(O)cc(-c3ncc4c(N5C[C@H]6CC[C@@H](C5)N6)nc(OC[C@@H]5CCCCN5Cc5ccc(N6CCC(=O)NC6=O)nn5)nc4c3F)c12. The van der Waals surface area contributed by atoms with Crippen molar-refractivity contribution < 1.29 is 28.2 Å². The van der Waals surface area contributed by atoms with Gasteiger partial charge in [-0.3, -0.25) is 24.9 Å². The molecule has 4 aliphatic heterocycles. The van der Waals surface area contributed by atoms with Gasteiger partial charge in [0.15, 0.2) is 11.6 Å². The molecule has 2 bridgehead atoms. The molecule has 2 aromatic carbocycles. The van der Waals surface area contributed by atoms with E-state index >= 15 is 4.39 Å². The number of aromatic nitrogens is 5. The third-order valence-corrected chi connectivity index (χ3v) is 11.2. The minimum atomic E-state index is -0.775. The Kier molecular flexibility index (Phi) is 9.26. The van der Waals surface area contributed by atoms with Crippen LogP contribution in [0.2, 0.25) is 0 Å². The summed E-state index contributed by atoms with van der Waals surface area (Å²) in [6, 6.07) is 9.01. The highest BCUT2D eigenvalue weighted by Gasteiger charge is 2.35. The highest BCUT2D eigenvalue weighted by molar-refractivity contribution is 6.05. The molecule has 3 aromatic heterocycles. The number of ether oxygens (including phenoxy) is 1. The molecular weight excluding hydrogens is 723 g/mol. The number of rotatable bonds is 8. The second kappa shape index (κ2) is 14.5. The molecule has 3 N–H and O–H groups in total. The molecule has 4 fully saturated rings. The van der Waals surface area contributed by atoms with Crippen LogP contribution in [0.3, 0.4) is 0 Å². The van der Waals surface area contributed by atoms with Gasteiger partial charge in [0.2, 0.25) is 5.91 Å². The topological polar surface area (TPSA) is 162 Å². The fourth-order valence-corrected chi connectivity index (χ4v) is 8.44. The van der Waals surface area contributed by atoms with Gasteiger partial charge in [-0.1, -0.05) is 18.4 Å². The second-order valence-electron chi connectivity index (χ2n) is 14.8. The number of benzene rings is 2. The smallest absolute Gasteiger partial charge is 0.329 e. The molecule has 56 heavy (non-hydrogen) atoms. The van der Waals surface area contributed by atoms with Gasteiger partial charge in [-0.25, -0.2) is 13.6 Å². The zero-order chi connectivity index (χ0) is 38.5. The zero-order valence-corrected chi connectivity index (χ0v) is 30.3. The Morgan fingerprint density at radius 1 is 1.00 bits per heavy atom. The third-order valence-electron chi connectivity index (χ3n) is 11.2. The number of phenols is 1. The largest absolute Gasteiger partial charge is 0.508 e. The molecule has 0 unspecified atom stereocenters. The average molecular weight is 761 g/mol. The van der Waals surface area contributed by atoms with Gasteiger partial charge in [0.05, 0.1) is 16.6 Å². The van der Waals surface area contributed by atoms with E-state index in [1.54, 1.807) is 6.07 Å². The maximum Gasteiger partial charge on any atom is 0.329 e. The van der Waals surface area contributed by atoms with E-state index in [0.717, 1.165) is 38.6 Å². The van der Waals surface area contributed by atoms with E-state index in [4.69, 9.17) is 16.1 Å². The maximum absolute atomic E-state index is 17.0. The first-order valence-corrected chi connectivity index (χ1v) is 18.8. The number of imide groups is 1. The monoisotopic (exact) mass is 760 g/mol. The summed E-state index contributed by atoms with van der Waals surface area (Å²) in [5, 5.41) is 26.3. The number of nitrogens with one attached hydrogen (secondary N) is 2. The normalized spacial score (nSPS) is 21.4. The first kappa shape index (κ1) is 35.6. The molecule has 3 atom stereocenters. The van der Waals surface area contributed by atoms with Crippen molar-refractivity contribution in [2.24, 2.45) is 0 Å².